The number of morpholine rings is 1. The van der Waals surface area contributed by atoms with Crippen molar-refractivity contribution >= 4 is 29.4 Å². The lowest BCUT2D eigenvalue weighted by molar-refractivity contribution is -0.141. The maximum absolute atomic E-state index is 13.2. The molecule has 34 heavy (non-hydrogen) atoms. The zero-order valence-electron chi connectivity index (χ0n) is 18.0. The van der Waals surface area contributed by atoms with Crippen LogP contribution in [-0.2, 0) is 16.1 Å². The van der Waals surface area contributed by atoms with Gasteiger partial charge in [-0.1, -0.05) is 11.8 Å². The molecular formula is C20H21F4N7O2S. The fourth-order valence-corrected chi connectivity index (χ4v) is 4.11. The maximum atomic E-state index is 13.2. The summed E-state index contributed by atoms with van der Waals surface area (Å²) in [4.78, 5) is 14.3. The highest BCUT2D eigenvalue weighted by Crippen LogP contribution is 2.28. The summed E-state index contributed by atoms with van der Waals surface area (Å²) in [5, 5.41) is 14.8. The van der Waals surface area contributed by atoms with Crippen LogP contribution in [0.25, 0.3) is 5.69 Å². The van der Waals surface area contributed by atoms with Crippen molar-refractivity contribution in [3.8, 4) is 5.69 Å². The Hall–Kier alpha value is -3.13. The number of alkyl halides is 3. The average Bonchev–Trinajstić information content (AvgIpc) is 3.35. The van der Waals surface area contributed by atoms with Gasteiger partial charge in [0.05, 0.1) is 30.3 Å². The monoisotopic (exact) mass is 499 g/mol. The quantitative estimate of drug-likeness (QED) is 0.395. The number of aromatic nitrogens is 5. The lowest BCUT2D eigenvalue weighted by atomic mass is 10.3. The van der Waals surface area contributed by atoms with Crippen LogP contribution in [-0.4, -0.2) is 68.7 Å². The molecule has 0 saturated carbocycles. The fourth-order valence-electron chi connectivity index (χ4n) is 3.38. The molecule has 0 bridgehead atoms. The van der Waals surface area contributed by atoms with E-state index in [1.54, 1.807) is 17.9 Å². The zero-order valence-corrected chi connectivity index (χ0v) is 18.9. The zero-order chi connectivity index (χ0) is 24.3. The van der Waals surface area contributed by atoms with Crippen LogP contribution in [0.5, 0.6) is 0 Å². The number of halogens is 4. The molecular weight excluding hydrogens is 478 g/mol. The van der Waals surface area contributed by atoms with Gasteiger partial charge in [0.1, 0.15) is 18.2 Å². The van der Waals surface area contributed by atoms with E-state index in [-0.39, 0.29) is 16.9 Å². The highest BCUT2D eigenvalue weighted by atomic mass is 32.2. The number of nitrogens with zero attached hydrogens (tertiary/aromatic N) is 6. The largest absolute Gasteiger partial charge is 0.406 e. The number of benzene rings is 1. The van der Waals surface area contributed by atoms with Crippen molar-refractivity contribution in [3.63, 3.8) is 0 Å². The van der Waals surface area contributed by atoms with Gasteiger partial charge in [-0.05, 0) is 31.2 Å². The third kappa shape index (κ3) is 5.86. The molecule has 1 aliphatic heterocycles. The number of hydrogen-bond donors (Lipinski definition) is 1. The standard InChI is InChI=1S/C20H21F4N7O2S/c1-13-10-16(31(28-13)15-4-2-14(21)3-5-15)25-17(32)11-34-19-27-26-18(29-6-8-33-9-7-29)30(19)12-20(22,23)24/h2-5,10H,6-9,11-12H2,1H3,(H,25,32). The molecule has 1 aromatic carbocycles. The Bertz CT molecular complexity index is 1140. The number of hydrogen-bond acceptors (Lipinski definition) is 7. The molecule has 1 aliphatic rings. The number of carbonyl (C=O) groups is 1. The third-order valence-electron chi connectivity index (χ3n) is 4.83. The fraction of sp³-hybridized carbons (Fsp3) is 0.400. The van der Waals surface area contributed by atoms with E-state index in [1.165, 1.54) is 28.9 Å². The first-order chi connectivity index (χ1) is 16.2. The van der Waals surface area contributed by atoms with Crippen LogP contribution >= 0.6 is 11.8 Å². The van der Waals surface area contributed by atoms with Crippen LogP contribution in [0.4, 0.5) is 29.3 Å². The minimum absolute atomic E-state index is 0.0165. The number of amides is 1. The number of anilines is 2. The smallest absolute Gasteiger partial charge is 0.378 e. The van der Waals surface area contributed by atoms with E-state index in [1.807, 2.05) is 0 Å². The van der Waals surface area contributed by atoms with E-state index >= 15 is 0 Å². The van der Waals surface area contributed by atoms with E-state index < -0.39 is 24.4 Å². The van der Waals surface area contributed by atoms with E-state index in [2.05, 4.69) is 20.6 Å². The Morgan fingerprint density at radius 3 is 2.56 bits per heavy atom. The van der Waals surface area contributed by atoms with Gasteiger partial charge in [-0.3, -0.25) is 9.36 Å². The first-order valence-electron chi connectivity index (χ1n) is 10.3. The second kappa shape index (κ2) is 10.0. The molecule has 0 unspecified atom stereocenters. The molecule has 14 heteroatoms. The average molecular weight is 499 g/mol. The van der Waals surface area contributed by atoms with E-state index in [4.69, 9.17) is 4.74 Å². The summed E-state index contributed by atoms with van der Waals surface area (Å²) in [5.74, 6) is -0.641. The van der Waals surface area contributed by atoms with E-state index in [0.29, 0.717) is 43.5 Å². The first kappa shape index (κ1) is 24.0. The van der Waals surface area contributed by atoms with Gasteiger partial charge in [0, 0.05) is 19.2 Å². The minimum Gasteiger partial charge on any atom is -0.378 e. The van der Waals surface area contributed by atoms with Gasteiger partial charge in [0.2, 0.25) is 11.9 Å². The number of ether oxygens (including phenoxy) is 1. The van der Waals surface area contributed by atoms with Crippen LogP contribution in [0, 0.1) is 12.7 Å². The van der Waals surface area contributed by atoms with E-state index in [9.17, 15) is 22.4 Å². The summed E-state index contributed by atoms with van der Waals surface area (Å²) < 4.78 is 60.6. The predicted octanol–water partition coefficient (Wildman–Crippen LogP) is 3.04. The number of rotatable bonds is 7. The van der Waals surface area contributed by atoms with Crippen molar-refractivity contribution in [1.82, 2.24) is 24.5 Å². The number of aryl methyl sites for hydroxylation is 1. The second-order valence-corrected chi connectivity index (χ2v) is 8.42. The van der Waals surface area contributed by atoms with Gasteiger partial charge in [-0.15, -0.1) is 10.2 Å². The van der Waals surface area contributed by atoms with Gasteiger partial charge in [-0.25, -0.2) is 9.07 Å². The summed E-state index contributed by atoms with van der Waals surface area (Å²) in [6.45, 7) is 2.02. The van der Waals surface area contributed by atoms with Gasteiger partial charge < -0.3 is 15.0 Å². The molecule has 0 atom stereocenters. The maximum Gasteiger partial charge on any atom is 0.406 e. The Morgan fingerprint density at radius 1 is 1.18 bits per heavy atom. The molecule has 1 saturated heterocycles. The van der Waals surface area contributed by atoms with Crippen LogP contribution in [0.2, 0.25) is 0 Å². The predicted molar refractivity (Wildman–Crippen MR) is 117 cm³/mol. The van der Waals surface area contributed by atoms with Crippen LogP contribution in [0.15, 0.2) is 35.5 Å². The van der Waals surface area contributed by atoms with Crippen LogP contribution < -0.4 is 10.2 Å². The van der Waals surface area contributed by atoms with E-state index in [0.717, 1.165) is 16.3 Å². The summed E-state index contributed by atoms with van der Waals surface area (Å²) in [6, 6.07) is 7.20. The topological polar surface area (TPSA) is 90.1 Å². The summed E-state index contributed by atoms with van der Waals surface area (Å²) in [7, 11) is 0. The molecule has 1 amide bonds. The third-order valence-corrected chi connectivity index (χ3v) is 5.80. The van der Waals surface area contributed by atoms with Crippen LogP contribution in [0.3, 0.4) is 0 Å². The second-order valence-electron chi connectivity index (χ2n) is 7.48. The molecule has 0 aliphatic carbocycles. The first-order valence-corrected chi connectivity index (χ1v) is 11.3. The molecule has 3 heterocycles. The highest BCUT2D eigenvalue weighted by Gasteiger charge is 2.33. The Labute approximate surface area is 196 Å². The van der Waals surface area contributed by atoms with Crippen molar-refractivity contribution in [2.75, 3.05) is 42.3 Å². The molecule has 3 aromatic rings. The summed E-state index contributed by atoms with van der Waals surface area (Å²) >= 11 is 0.850. The van der Waals surface area contributed by atoms with Gasteiger partial charge in [-0.2, -0.15) is 18.3 Å². The Morgan fingerprint density at radius 2 is 1.88 bits per heavy atom. The summed E-state index contributed by atoms with van der Waals surface area (Å²) in [6.07, 6.45) is -4.49. The SMILES string of the molecule is Cc1cc(NC(=O)CSc2nnc(N3CCOCC3)n2CC(F)(F)F)n(-c2ccc(F)cc2)n1. The molecule has 182 valence electrons. The normalized spacial score (nSPS) is 14.4. The molecule has 9 nitrogen and oxygen atoms in total. The van der Waals surface area contributed by atoms with Crippen molar-refractivity contribution in [1.29, 1.82) is 0 Å². The molecule has 0 spiro atoms. The molecule has 4 rings (SSSR count). The van der Waals surface area contributed by atoms with Crippen LogP contribution in [0.1, 0.15) is 5.69 Å². The molecule has 1 N–H and O–H groups in total. The van der Waals surface area contributed by atoms with Crippen molar-refractivity contribution < 1.29 is 27.1 Å². The Kier molecular flexibility index (Phi) is 7.07. The number of thioether (sulfide) groups is 1. The van der Waals surface area contributed by atoms with Gasteiger partial charge >= 0.3 is 6.18 Å². The summed E-state index contributed by atoms with van der Waals surface area (Å²) in [5.41, 5.74) is 1.16. The van der Waals surface area contributed by atoms with Gasteiger partial charge in [0.25, 0.3) is 0 Å². The lowest BCUT2D eigenvalue weighted by Gasteiger charge is -2.28. The van der Waals surface area contributed by atoms with Crippen molar-refractivity contribution in [2.45, 2.75) is 24.8 Å². The van der Waals surface area contributed by atoms with Crippen molar-refractivity contribution in [2.24, 2.45) is 0 Å². The lowest BCUT2D eigenvalue weighted by Crippen LogP contribution is -2.38. The number of nitrogens with one attached hydrogen (secondary N) is 1. The molecule has 1 fully saturated rings. The Balaban J connectivity index is 1.47. The highest BCUT2D eigenvalue weighted by molar-refractivity contribution is 7.99. The molecule has 0 radical (unpaired) electrons. The number of carbonyl (C=O) groups excluding carboxylic acids is 1. The van der Waals surface area contributed by atoms with Gasteiger partial charge in [0.15, 0.2) is 5.16 Å². The minimum atomic E-state index is -4.49. The van der Waals surface area contributed by atoms with Crippen molar-refractivity contribution in [3.05, 3.63) is 41.8 Å². The molecule has 2 aromatic heterocycles.